The van der Waals surface area contributed by atoms with Crippen LogP contribution in [0.2, 0.25) is 10.2 Å². The normalized spacial score (nSPS) is 15.7. The summed E-state index contributed by atoms with van der Waals surface area (Å²) in [6.45, 7) is 2.50. The molecular weight excluding hydrogens is 373 g/mol. The molecule has 1 saturated heterocycles. The lowest BCUT2D eigenvalue weighted by molar-refractivity contribution is 0.0933. The van der Waals surface area contributed by atoms with Gasteiger partial charge in [0.25, 0.3) is 5.91 Å². The van der Waals surface area contributed by atoms with E-state index in [0.29, 0.717) is 6.54 Å². The van der Waals surface area contributed by atoms with E-state index in [1.165, 1.54) is 12.8 Å². The fourth-order valence-electron chi connectivity index (χ4n) is 3.19. The average molecular weight is 394 g/mol. The number of amides is 1. The molecule has 3 rings (SSSR count). The van der Waals surface area contributed by atoms with E-state index in [2.05, 4.69) is 15.2 Å². The van der Waals surface area contributed by atoms with Gasteiger partial charge in [-0.15, -0.1) is 0 Å². The summed E-state index contributed by atoms with van der Waals surface area (Å²) in [7, 11) is 1.65. The van der Waals surface area contributed by atoms with Gasteiger partial charge in [0.2, 0.25) is 0 Å². The highest BCUT2D eigenvalue weighted by molar-refractivity contribution is 6.34. The molecule has 0 radical (unpaired) electrons. The van der Waals surface area contributed by atoms with Crippen molar-refractivity contribution in [3.63, 3.8) is 0 Å². The molecule has 1 aliphatic heterocycles. The van der Waals surface area contributed by atoms with E-state index in [9.17, 15) is 4.79 Å². The third-order valence-electron chi connectivity index (χ3n) is 4.57. The van der Waals surface area contributed by atoms with Gasteiger partial charge < -0.3 is 10.1 Å². The molecule has 2 aromatic rings. The van der Waals surface area contributed by atoms with E-state index in [4.69, 9.17) is 27.9 Å². The minimum atomic E-state index is -0.324. The number of carbonyl (C=O) groups is 1. The van der Waals surface area contributed by atoms with Crippen molar-refractivity contribution in [2.24, 2.45) is 0 Å². The van der Waals surface area contributed by atoms with Crippen LogP contribution in [0.4, 0.5) is 0 Å². The van der Waals surface area contributed by atoms with E-state index >= 15 is 0 Å². The van der Waals surface area contributed by atoms with Gasteiger partial charge >= 0.3 is 0 Å². The Morgan fingerprint density at radius 1 is 1.19 bits per heavy atom. The highest BCUT2D eigenvalue weighted by Gasteiger charge is 2.25. The van der Waals surface area contributed by atoms with Crippen molar-refractivity contribution in [2.75, 3.05) is 26.7 Å². The molecule has 2 heterocycles. The molecule has 26 heavy (non-hydrogen) atoms. The van der Waals surface area contributed by atoms with Crippen molar-refractivity contribution in [1.82, 2.24) is 15.2 Å². The molecule has 5 nitrogen and oxygen atoms in total. The summed E-state index contributed by atoms with van der Waals surface area (Å²) in [5.74, 6) is 0.489. The molecule has 0 unspecified atom stereocenters. The summed E-state index contributed by atoms with van der Waals surface area (Å²) in [5, 5.41) is 3.48. The SMILES string of the molecule is COc1ccc([C@H](CNC(=O)c2nc(Cl)ccc2Cl)N2CCCC2)cc1. The number of halogens is 2. The smallest absolute Gasteiger partial charge is 0.271 e. The summed E-state index contributed by atoms with van der Waals surface area (Å²) < 4.78 is 5.24. The number of likely N-dealkylation sites (tertiary alicyclic amines) is 1. The standard InChI is InChI=1S/C19H21Cl2N3O2/c1-26-14-6-4-13(5-7-14)16(24-10-2-3-11-24)12-22-19(25)18-15(20)8-9-17(21)23-18/h4-9,16H,2-3,10-12H2,1H3,(H,22,25)/t16-/m0/s1. The zero-order valence-corrected chi connectivity index (χ0v) is 16.1. The lowest BCUT2D eigenvalue weighted by Gasteiger charge is -2.28. The molecule has 7 heteroatoms. The minimum absolute atomic E-state index is 0.0883. The van der Waals surface area contributed by atoms with Crippen LogP contribution in [0.1, 0.15) is 34.9 Å². The largest absolute Gasteiger partial charge is 0.497 e. The van der Waals surface area contributed by atoms with Crippen LogP contribution >= 0.6 is 23.2 Å². The first kappa shape index (κ1) is 19.0. The number of nitrogens with zero attached hydrogens (tertiary/aromatic N) is 2. The van der Waals surface area contributed by atoms with Crippen LogP contribution in [0.25, 0.3) is 0 Å². The second-order valence-corrected chi connectivity index (χ2v) is 7.00. The van der Waals surface area contributed by atoms with Crippen molar-refractivity contribution in [3.8, 4) is 5.75 Å². The molecule has 0 spiro atoms. The Hall–Kier alpha value is -1.82. The first-order chi connectivity index (χ1) is 12.6. The van der Waals surface area contributed by atoms with E-state index in [1.54, 1.807) is 19.2 Å². The number of hydrogen-bond acceptors (Lipinski definition) is 4. The Morgan fingerprint density at radius 2 is 1.88 bits per heavy atom. The minimum Gasteiger partial charge on any atom is -0.497 e. The number of hydrogen-bond donors (Lipinski definition) is 1. The van der Waals surface area contributed by atoms with Crippen molar-refractivity contribution in [2.45, 2.75) is 18.9 Å². The molecule has 1 fully saturated rings. The summed E-state index contributed by atoms with van der Waals surface area (Å²) in [6, 6.07) is 11.2. The summed E-state index contributed by atoms with van der Waals surface area (Å²) in [5.41, 5.74) is 1.28. The van der Waals surface area contributed by atoms with Gasteiger partial charge in [-0.05, 0) is 55.8 Å². The second-order valence-electron chi connectivity index (χ2n) is 6.21. The first-order valence-electron chi connectivity index (χ1n) is 8.56. The van der Waals surface area contributed by atoms with E-state index in [-0.39, 0.29) is 27.8 Å². The molecule has 1 aromatic heterocycles. The van der Waals surface area contributed by atoms with Crippen LogP contribution < -0.4 is 10.1 Å². The van der Waals surface area contributed by atoms with Gasteiger partial charge in [-0.25, -0.2) is 4.98 Å². The first-order valence-corrected chi connectivity index (χ1v) is 9.32. The Balaban J connectivity index is 1.75. The molecule has 1 aromatic carbocycles. The van der Waals surface area contributed by atoms with E-state index in [0.717, 1.165) is 24.4 Å². The molecule has 0 aliphatic carbocycles. The van der Waals surface area contributed by atoms with Gasteiger partial charge in [-0.2, -0.15) is 0 Å². The Morgan fingerprint density at radius 3 is 2.54 bits per heavy atom. The Bertz CT molecular complexity index is 762. The van der Waals surface area contributed by atoms with Crippen LogP contribution in [-0.4, -0.2) is 42.5 Å². The molecule has 1 amide bonds. The van der Waals surface area contributed by atoms with E-state index in [1.807, 2.05) is 24.3 Å². The predicted octanol–water partition coefficient (Wildman–Crippen LogP) is 3.96. The Labute approximate surface area is 163 Å². The van der Waals surface area contributed by atoms with Gasteiger partial charge in [0, 0.05) is 6.54 Å². The number of nitrogens with one attached hydrogen (secondary N) is 1. The molecule has 1 atom stereocenters. The van der Waals surface area contributed by atoms with Crippen LogP contribution in [-0.2, 0) is 0 Å². The van der Waals surface area contributed by atoms with Gasteiger partial charge in [0.1, 0.15) is 16.6 Å². The van der Waals surface area contributed by atoms with Gasteiger partial charge in [-0.1, -0.05) is 35.3 Å². The number of aromatic nitrogens is 1. The zero-order valence-electron chi connectivity index (χ0n) is 14.5. The molecule has 1 N–H and O–H groups in total. The van der Waals surface area contributed by atoms with Gasteiger partial charge in [0.15, 0.2) is 0 Å². The summed E-state index contributed by atoms with van der Waals surface area (Å²) >= 11 is 12.0. The maximum atomic E-state index is 12.5. The molecule has 1 aliphatic rings. The highest BCUT2D eigenvalue weighted by Crippen LogP contribution is 2.26. The quantitative estimate of drug-likeness (QED) is 0.754. The average Bonchev–Trinajstić information content (AvgIpc) is 3.18. The van der Waals surface area contributed by atoms with Crippen molar-refractivity contribution in [1.29, 1.82) is 0 Å². The second kappa shape index (κ2) is 8.71. The number of benzene rings is 1. The maximum absolute atomic E-state index is 12.5. The fraction of sp³-hybridized carbons (Fsp3) is 0.368. The predicted molar refractivity (Wildman–Crippen MR) is 103 cm³/mol. The van der Waals surface area contributed by atoms with Crippen LogP contribution in [0.5, 0.6) is 5.75 Å². The lowest BCUT2D eigenvalue weighted by Crippen LogP contribution is -2.37. The van der Waals surface area contributed by atoms with Crippen LogP contribution in [0.3, 0.4) is 0 Å². The summed E-state index contributed by atoms with van der Waals surface area (Å²) in [6.07, 6.45) is 2.34. The lowest BCUT2D eigenvalue weighted by atomic mass is 10.1. The molecular formula is C19H21Cl2N3O2. The molecule has 138 valence electrons. The summed E-state index contributed by atoms with van der Waals surface area (Å²) in [4.78, 5) is 18.9. The van der Waals surface area contributed by atoms with Crippen molar-refractivity contribution < 1.29 is 9.53 Å². The third-order valence-corrected chi connectivity index (χ3v) is 5.08. The fourth-order valence-corrected chi connectivity index (χ4v) is 3.53. The van der Waals surface area contributed by atoms with E-state index < -0.39 is 0 Å². The third kappa shape index (κ3) is 4.47. The topological polar surface area (TPSA) is 54.5 Å². The van der Waals surface area contributed by atoms with Crippen LogP contribution in [0.15, 0.2) is 36.4 Å². The number of methoxy groups -OCH3 is 1. The van der Waals surface area contributed by atoms with Gasteiger partial charge in [-0.3, -0.25) is 9.69 Å². The number of pyridine rings is 1. The molecule has 0 bridgehead atoms. The Kier molecular flexibility index (Phi) is 6.35. The molecule has 0 saturated carbocycles. The van der Waals surface area contributed by atoms with Crippen molar-refractivity contribution >= 4 is 29.1 Å². The monoisotopic (exact) mass is 393 g/mol. The maximum Gasteiger partial charge on any atom is 0.271 e. The number of ether oxygens (including phenoxy) is 1. The number of rotatable bonds is 6. The zero-order chi connectivity index (χ0) is 18.5. The van der Waals surface area contributed by atoms with Crippen molar-refractivity contribution in [3.05, 3.63) is 57.8 Å². The number of carbonyl (C=O) groups excluding carboxylic acids is 1. The highest BCUT2D eigenvalue weighted by atomic mass is 35.5. The van der Waals surface area contributed by atoms with Crippen LogP contribution in [0, 0.1) is 0 Å². The van der Waals surface area contributed by atoms with Gasteiger partial charge in [0.05, 0.1) is 18.2 Å².